The van der Waals surface area contributed by atoms with E-state index in [0.717, 1.165) is 43.0 Å². The standard InChI is InChI=1S/C27H29N9O3/c1-2-20-17-38-15-13-36(20)25-21-8-12-35(26-28-10-3-11-29-26)16-22(21)31-24(33-25)18-4-6-19(7-5-18)30-27(37)32-23-9-14-39-34-23/h3-7,9-11,14,20H,2,8,12-13,15-17H2,1H3,(H2,30,32,34,37). The topological polar surface area (TPSA) is 134 Å². The van der Waals surface area contributed by atoms with Gasteiger partial charge in [0.15, 0.2) is 11.6 Å². The maximum absolute atomic E-state index is 12.3. The minimum Gasteiger partial charge on any atom is -0.377 e. The number of urea groups is 1. The Morgan fingerprint density at radius 3 is 2.69 bits per heavy atom. The molecule has 3 aromatic heterocycles. The van der Waals surface area contributed by atoms with Gasteiger partial charge in [0, 0.05) is 48.4 Å². The van der Waals surface area contributed by atoms with Crippen molar-refractivity contribution in [2.75, 3.05) is 46.7 Å². The van der Waals surface area contributed by atoms with Crippen LogP contribution >= 0.6 is 0 Å². The van der Waals surface area contributed by atoms with Gasteiger partial charge in [-0.05, 0) is 43.2 Å². The van der Waals surface area contributed by atoms with E-state index >= 15 is 0 Å². The van der Waals surface area contributed by atoms with E-state index in [1.54, 1.807) is 18.5 Å². The van der Waals surface area contributed by atoms with Crippen molar-refractivity contribution in [3.8, 4) is 11.4 Å². The lowest BCUT2D eigenvalue weighted by Gasteiger charge is -2.39. The maximum Gasteiger partial charge on any atom is 0.324 e. The number of hydrogen-bond donors (Lipinski definition) is 2. The van der Waals surface area contributed by atoms with Gasteiger partial charge in [-0.3, -0.25) is 5.32 Å². The van der Waals surface area contributed by atoms with Crippen LogP contribution in [0.2, 0.25) is 0 Å². The summed E-state index contributed by atoms with van der Waals surface area (Å²) in [7, 11) is 0. The highest BCUT2D eigenvalue weighted by Gasteiger charge is 2.30. The number of amides is 2. The number of fused-ring (bicyclic) bond motifs is 1. The molecule has 2 amide bonds. The lowest BCUT2D eigenvalue weighted by molar-refractivity contribution is 0.0924. The molecule has 0 aliphatic carbocycles. The molecule has 1 unspecified atom stereocenters. The van der Waals surface area contributed by atoms with E-state index in [1.807, 2.05) is 30.3 Å². The smallest absolute Gasteiger partial charge is 0.324 e. The molecule has 1 saturated heterocycles. The molecular weight excluding hydrogens is 498 g/mol. The number of anilines is 4. The van der Waals surface area contributed by atoms with Crippen molar-refractivity contribution in [2.45, 2.75) is 32.4 Å². The van der Waals surface area contributed by atoms with Gasteiger partial charge in [-0.15, -0.1) is 0 Å². The van der Waals surface area contributed by atoms with Crippen LogP contribution in [0.5, 0.6) is 0 Å². The van der Waals surface area contributed by atoms with E-state index in [0.29, 0.717) is 43.0 Å². The fraction of sp³-hybridized carbons (Fsp3) is 0.333. The zero-order chi connectivity index (χ0) is 26.6. The van der Waals surface area contributed by atoms with Gasteiger partial charge in [-0.2, -0.15) is 0 Å². The van der Waals surface area contributed by atoms with Crippen LogP contribution in [0.1, 0.15) is 24.6 Å². The first-order chi connectivity index (χ1) is 19.2. The van der Waals surface area contributed by atoms with Crippen LogP contribution in [0.25, 0.3) is 11.4 Å². The number of benzene rings is 1. The summed E-state index contributed by atoms with van der Waals surface area (Å²) < 4.78 is 10.5. The second-order valence-electron chi connectivity index (χ2n) is 9.39. The number of carbonyl (C=O) groups is 1. The predicted molar refractivity (Wildman–Crippen MR) is 146 cm³/mol. The minimum absolute atomic E-state index is 0.260. The zero-order valence-electron chi connectivity index (χ0n) is 21.6. The second-order valence-corrected chi connectivity index (χ2v) is 9.39. The van der Waals surface area contributed by atoms with Crippen LogP contribution in [0.4, 0.5) is 28.1 Å². The molecule has 4 aromatic rings. The molecule has 2 N–H and O–H groups in total. The summed E-state index contributed by atoms with van der Waals surface area (Å²) >= 11 is 0. The van der Waals surface area contributed by atoms with E-state index in [2.05, 4.69) is 42.5 Å². The number of nitrogens with zero attached hydrogens (tertiary/aromatic N) is 7. The van der Waals surface area contributed by atoms with Gasteiger partial charge in [0.1, 0.15) is 12.1 Å². The van der Waals surface area contributed by atoms with Gasteiger partial charge in [-0.1, -0.05) is 12.1 Å². The molecule has 1 aromatic carbocycles. The molecule has 0 saturated carbocycles. The van der Waals surface area contributed by atoms with E-state index in [4.69, 9.17) is 19.2 Å². The third-order valence-electron chi connectivity index (χ3n) is 6.93. The Balaban J connectivity index is 1.30. The third kappa shape index (κ3) is 5.36. The molecule has 2 aliphatic rings. The number of nitrogens with one attached hydrogen (secondary N) is 2. The maximum atomic E-state index is 12.3. The van der Waals surface area contributed by atoms with E-state index in [9.17, 15) is 4.79 Å². The van der Waals surface area contributed by atoms with Crippen molar-refractivity contribution in [3.63, 3.8) is 0 Å². The molecule has 200 valence electrons. The average Bonchev–Trinajstić information content (AvgIpc) is 3.50. The molecule has 0 radical (unpaired) electrons. The molecular formula is C27H29N9O3. The van der Waals surface area contributed by atoms with Crippen LogP contribution < -0.4 is 20.4 Å². The summed E-state index contributed by atoms with van der Waals surface area (Å²) in [4.78, 5) is 35.8. The Hall–Kier alpha value is -4.58. The summed E-state index contributed by atoms with van der Waals surface area (Å²) in [6, 6.07) is 10.7. The predicted octanol–water partition coefficient (Wildman–Crippen LogP) is 3.74. The monoisotopic (exact) mass is 527 g/mol. The normalized spacial score (nSPS) is 17.0. The number of aromatic nitrogens is 5. The van der Waals surface area contributed by atoms with Gasteiger partial charge in [0.05, 0.1) is 31.5 Å². The summed E-state index contributed by atoms with van der Waals surface area (Å²) in [6.45, 7) is 5.72. The highest BCUT2D eigenvalue weighted by atomic mass is 16.5. The first kappa shape index (κ1) is 24.7. The Labute approximate surface area is 225 Å². The largest absolute Gasteiger partial charge is 0.377 e. The fourth-order valence-corrected chi connectivity index (χ4v) is 4.93. The Kier molecular flexibility index (Phi) is 7.00. The van der Waals surface area contributed by atoms with Crippen molar-refractivity contribution in [1.29, 1.82) is 0 Å². The van der Waals surface area contributed by atoms with Gasteiger partial charge >= 0.3 is 6.03 Å². The third-order valence-corrected chi connectivity index (χ3v) is 6.93. The molecule has 1 fully saturated rings. The van der Waals surface area contributed by atoms with Gasteiger partial charge in [-0.25, -0.2) is 24.7 Å². The number of morpholine rings is 1. The molecule has 5 heterocycles. The minimum atomic E-state index is -0.412. The summed E-state index contributed by atoms with van der Waals surface area (Å²) in [6.07, 6.45) is 6.68. The molecule has 12 nitrogen and oxygen atoms in total. The van der Waals surface area contributed by atoms with Gasteiger partial charge < -0.3 is 24.4 Å². The molecule has 6 rings (SSSR count). The zero-order valence-corrected chi connectivity index (χ0v) is 21.6. The molecule has 39 heavy (non-hydrogen) atoms. The number of ether oxygens (including phenoxy) is 1. The number of hydrogen-bond acceptors (Lipinski definition) is 10. The van der Waals surface area contributed by atoms with E-state index in [-0.39, 0.29) is 6.04 Å². The van der Waals surface area contributed by atoms with Gasteiger partial charge in [0.2, 0.25) is 5.95 Å². The lowest BCUT2D eigenvalue weighted by atomic mass is 10.0. The van der Waals surface area contributed by atoms with E-state index in [1.165, 1.54) is 11.8 Å². The molecule has 0 spiro atoms. The van der Waals surface area contributed by atoms with Crippen molar-refractivity contribution in [1.82, 2.24) is 25.1 Å². The summed E-state index contributed by atoms with van der Waals surface area (Å²) in [5.74, 6) is 2.65. The Morgan fingerprint density at radius 2 is 1.92 bits per heavy atom. The molecule has 2 aliphatic heterocycles. The van der Waals surface area contributed by atoms with Crippen LogP contribution in [-0.2, 0) is 17.7 Å². The van der Waals surface area contributed by atoms with Crippen molar-refractivity contribution in [2.24, 2.45) is 0 Å². The van der Waals surface area contributed by atoms with Gasteiger partial charge in [0.25, 0.3) is 0 Å². The van der Waals surface area contributed by atoms with Crippen LogP contribution in [0, 0.1) is 0 Å². The molecule has 0 bridgehead atoms. The molecule has 12 heteroatoms. The van der Waals surface area contributed by atoms with Crippen molar-refractivity contribution >= 4 is 29.3 Å². The number of rotatable bonds is 6. The number of carbonyl (C=O) groups excluding carboxylic acids is 1. The first-order valence-corrected chi connectivity index (χ1v) is 13.0. The Bertz CT molecular complexity index is 1410. The Morgan fingerprint density at radius 1 is 1.08 bits per heavy atom. The fourth-order valence-electron chi connectivity index (χ4n) is 4.93. The lowest BCUT2D eigenvalue weighted by Crippen LogP contribution is -2.47. The van der Waals surface area contributed by atoms with Crippen molar-refractivity contribution in [3.05, 3.63) is 66.3 Å². The average molecular weight is 528 g/mol. The highest BCUT2D eigenvalue weighted by Crippen LogP contribution is 2.33. The SMILES string of the molecule is CCC1COCCN1c1nc(-c2ccc(NC(=O)Nc3ccon3)cc2)nc2c1CCN(c1ncccn1)C2. The van der Waals surface area contributed by atoms with Crippen LogP contribution in [0.15, 0.2) is 59.6 Å². The van der Waals surface area contributed by atoms with E-state index < -0.39 is 6.03 Å². The first-order valence-electron chi connectivity index (χ1n) is 13.0. The van der Waals surface area contributed by atoms with Crippen LogP contribution in [-0.4, -0.2) is 63.5 Å². The molecule has 1 atom stereocenters. The van der Waals surface area contributed by atoms with Crippen LogP contribution in [0.3, 0.4) is 0 Å². The highest BCUT2D eigenvalue weighted by molar-refractivity contribution is 5.99. The summed E-state index contributed by atoms with van der Waals surface area (Å²) in [5, 5.41) is 9.09. The summed E-state index contributed by atoms with van der Waals surface area (Å²) in [5.41, 5.74) is 3.64. The second kappa shape index (κ2) is 11.0. The quantitative estimate of drug-likeness (QED) is 0.382. The van der Waals surface area contributed by atoms with Crippen molar-refractivity contribution < 1.29 is 14.1 Å².